The van der Waals surface area contributed by atoms with Crippen LogP contribution in [0.1, 0.15) is 18.3 Å². The highest BCUT2D eigenvalue weighted by Crippen LogP contribution is 1.95. The quantitative estimate of drug-likeness (QED) is 0.543. The molecule has 0 saturated heterocycles. The van der Waals surface area contributed by atoms with E-state index in [1.165, 1.54) is 0 Å². The number of nitrogens with one attached hydrogen (secondary N) is 3. The Bertz CT molecular complexity index is 506. The van der Waals surface area contributed by atoms with E-state index in [4.69, 9.17) is 0 Å². The standard InChI is InChI=1S/C14H20N6/c1-2-15-14(18-11-13-7-10-19-20-13)17-9-6-12-5-3-4-8-16-12/h3-5,7-8,10H,2,6,9,11H2,1H3,(H,19,20)(H2,15,17,18). The van der Waals surface area contributed by atoms with Crippen molar-refractivity contribution in [1.82, 2.24) is 25.8 Å². The maximum absolute atomic E-state index is 4.49. The summed E-state index contributed by atoms with van der Waals surface area (Å²) in [4.78, 5) is 8.78. The van der Waals surface area contributed by atoms with Crippen LogP contribution in [0.4, 0.5) is 0 Å². The van der Waals surface area contributed by atoms with E-state index in [2.05, 4.69) is 30.8 Å². The second kappa shape index (κ2) is 7.93. The number of nitrogens with zero attached hydrogens (tertiary/aromatic N) is 3. The van der Waals surface area contributed by atoms with E-state index >= 15 is 0 Å². The molecule has 106 valence electrons. The Kier molecular flexibility index (Phi) is 5.57. The summed E-state index contributed by atoms with van der Waals surface area (Å²) in [6.45, 7) is 4.26. The molecule has 0 aliphatic rings. The molecule has 0 radical (unpaired) electrons. The van der Waals surface area contributed by atoms with Gasteiger partial charge >= 0.3 is 0 Å². The van der Waals surface area contributed by atoms with Gasteiger partial charge < -0.3 is 10.6 Å². The lowest BCUT2D eigenvalue weighted by molar-refractivity contribution is 0.785. The van der Waals surface area contributed by atoms with Gasteiger partial charge in [-0.3, -0.25) is 10.1 Å². The van der Waals surface area contributed by atoms with Crippen LogP contribution in [0, 0.1) is 0 Å². The molecule has 2 aromatic rings. The monoisotopic (exact) mass is 272 g/mol. The van der Waals surface area contributed by atoms with Gasteiger partial charge in [0.2, 0.25) is 0 Å². The van der Waals surface area contributed by atoms with Crippen LogP contribution in [-0.2, 0) is 13.0 Å². The van der Waals surface area contributed by atoms with Crippen molar-refractivity contribution in [3.8, 4) is 0 Å². The summed E-state index contributed by atoms with van der Waals surface area (Å²) in [5.74, 6) is 0.804. The molecule has 20 heavy (non-hydrogen) atoms. The minimum Gasteiger partial charge on any atom is -0.357 e. The van der Waals surface area contributed by atoms with E-state index in [0.717, 1.165) is 36.9 Å². The largest absolute Gasteiger partial charge is 0.357 e. The van der Waals surface area contributed by atoms with Crippen molar-refractivity contribution in [3.63, 3.8) is 0 Å². The molecule has 0 fully saturated rings. The molecule has 0 aliphatic carbocycles. The number of guanidine groups is 1. The van der Waals surface area contributed by atoms with Crippen molar-refractivity contribution in [3.05, 3.63) is 48.0 Å². The van der Waals surface area contributed by atoms with Crippen molar-refractivity contribution in [2.24, 2.45) is 4.99 Å². The second-order valence-electron chi connectivity index (χ2n) is 4.27. The summed E-state index contributed by atoms with van der Waals surface area (Å²) in [6, 6.07) is 7.87. The van der Waals surface area contributed by atoms with Crippen LogP contribution >= 0.6 is 0 Å². The minimum absolute atomic E-state index is 0.582. The van der Waals surface area contributed by atoms with E-state index in [1.807, 2.05) is 37.4 Å². The van der Waals surface area contributed by atoms with E-state index in [-0.39, 0.29) is 0 Å². The lowest BCUT2D eigenvalue weighted by atomic mass is 10.3. The van der Waals surface area contributed by atoms with Crippen LogP contribution in [0.5, 0.6) is 0 Å². The molecular weight excluding hydrogens is 252 g/mol. The van der Waals surface area contributed by atoms with Crippen molar-refractivity contribution in [2.45, 2.75) is 19.9 Å². The van der Waals surface area contributed by atoms with Crippen LogP contribution in [0.15, 0.2) is 41.7 Å². The van der Waals surface area contributed by atoms with Gasteiger partial charge in [-0.25, -0.2) is 4.99 Å². The molecule has 0 unspecified atom stereocenters. The minimum atomic E-state index is 0.582. The number of H-pyrrole nitrogens is 1. The highest BCUT2D eigenvalue weighted by Gasteiger charge is 1.99. The zero-order valence-electron chi connectivity index (χ0n) is 11.6. The van der Waals surface area contributed by atoms with Gasteiger partial charge in [-0.15, -0.1) is 0 Å². The molecule has 2 rings (SSSR count). The number of aromatic nitrogens is 3. The Morgan fingerprint density at radius 2 is 2.20 bits per heavy atom. The normalized spacial score (nSPS) is 11.3. The van der Waals surface area contributed by atoms with Crippen LogP contribution < -0.4 is 10.6 Å². The maximum Gasteiger partial charge on any atom is 0.191 e. The Labute approximate surface area is 118 Å². The lowest BCUT2D eigenvalue weighted by Crippen LogP contribution is -2.38. The first kappa shape index (κ1) is 14.0. The van der Waals surface area contributed by atoms with Crippen LogP contribution in [0.3, 0.4) is 0 Å². The molecule has 6 nitrogen and oxygen atoms in total. The van der Waals surface area contributed by atoms with Gasteiger partial charge in [0, 0.05) is 37.6 Å². The molecule has 3 N–H and O–H groups in total. The van der Waals surface area contributed by atoms with Gasteiger partial charge in [0.05, 0.1) is 12.2 Å². The number of rotatable bonds is 6. The predicted octanol–water partition coefficient (Wildman–Crippen LogP) is 1.10. The molecule has 0 amide bonds. The zero-order valence-corrected chi connectivity index (χ0v) is 11.6. The number of hydrogen-bond donors (Lipinski definition) is 3. The summed E-state index contributed by atoms with van der Waals surface area (Å²) < 4.78 is 0. The molecule has 0 saturated carbocycles. The average molecular weight is 272 g/mol. The second-order valence-corrected chi connectivity index (χ2v) is 4.27. The first-order chi connectivity index (χ1) is 9.88. The summed E-state index contributed by atoms with van der Waals surface area (Å²) in [7, 11) is 0. The Morgan fingerprint density at radius 1 is 1.25 bits per heavy atom. The topological polar surface area (TPSA) is 78.0 Å². The summed E-state index contributed by atoms with van der Waals surface area (Å²) in [6.07, 6.45) is 4.41. The lowest BCUT2D eigenvalue weighted by Gasteiger charge is -2.10. The van der Waals surface area contributed by atoms with Crippen molar-refractivity contribution in [1.29, 1.82) is 0 Å². The third-order valence-electron chi connectivity index (χ3n) is 2.71. The molecule has 0 bridgehead atoms. The summed E-state index contributed by atoms with van der Waals surface area (Å²) in [5, 5.41) is 13.3. The first-order valence-electron chi connectivity index (χ1n) is 6.79. The average Bonchev–Trinajstić information content (AvgIpc) is 2.99. The van der Waals surface area contributed by atoms with Gasteiger partial charge in [0.15, 0.2) is 5.96 Å². The van der Waals surface area contributed by atoms with Gasteiger partial charge in [0.1, 0.15) is 0 Å². The number of aliphatic imine (C=N–C) groups is 1. The molecule has 6 heteroatoms. The van der Waals surface area contributed by atoms with Gasteiger partial charge in [0.25, 0.3) is 0 Å². The van der Waals surface area contributed by atoms with E-state index in [1.54, 1.807) is 6.20 Å². The predicted molar refractivity (Wildman–Crippen MR) is 79.3 cm³/mol. The molecule has 0 aliphatic heterocycles. The maximum atomic E-state index is 4.49. The van der Waals surface area contributed by atoms with Crippen LogP contribution in [-0.4, -0.2) is 34.2 Å². The fraction of sp³-hybridized carbons (Fsp3) is 0.357. The van der Waals surface area contributed by atoms with Crippen LogP contribution in [0.2, 0.25) is 0 Å². The highest BCUT2D eigenvalue weighted by molar-refractivity contribution is 5.79. The summed E-state index contributed by atoms with van der Waals surface area (Å²) >= 11 is 0. The van der Waals surface area contributed by atoms with E-state index < -0.39 is 0 Å². The van der Waals surface area contributed by atoms with Gasteiger partial charge in [-0.2, -0.15) is 5.10 Å². The molecule has 0 atom stereocenters. The Hall–Kier alpha value is -2.37. The number of pyridine rings is 1. The van der Waals surface area contributed by atoms with E-state index in [0.29, 0.717) is 6.54 Å². The zero-order chi connectivity index (χ0) is 14.0. The molecule has 2 heterocycles. The van der Waals surface area contributed by atoms with E-state index in [9.17, 15) is 0 Å². The Morgan fingerprint density at radius 3 is 2.90 bits per heavy atom. The smallest absolute Gasteiger partial charge is 0.191 e. The third kappa shape index (κ3) is 4.72. The van der Waals surface area contributed by atoms with Crippen molar-refractivity contribution < 1.29 is 0 Å². The van der Waals surface area contributed by atoms with Crippen molar-refractivity contribution >= 4 is 5.96 Å². The SMILES string of the molecule is CCNC(=NCc1ccn[nH]1)NCCc1ccccn1. The molecule has 0 aromatic carbocycles. The molecule has 0 spiro atoms. The fourth-order valence-electron chi connectivity index (χ4n) is 1.73. The van der Waals surface area contributed by atoms with Crippen molar-refractivity contribution in [2.75, 3.05) is 13.1 Å². The number of aromatic amines is 1. The molecule has 2 aromatic heterocycles. The summed E-state index contributed by atoms with van der Waals surface area (Å²) in [5.41, 5.74) is 2.07. The first-order valence-corrected chi connectivity index (χ1v) is 6.79. The molecular formula is C14H20N6. The third-order valence-corrected chi connectivity index (χ3v) is 2.71. The Balaban J connectivity index is 1.81. The fourth-order valence-corrected chi connectivity index (χ4v) is 1.73. The van der Waals surface area contributed by atoms with Crippen LogP contribution in [0.25, 0.3) is 0 Å². The number of hydrogen-bond acceptors (Lipinski definition) is 3. The van der Waals surface area contributed by atoms with Gasteiger partial charge in [-0.1, -0.05) is 6.07 Å². The van der Waals surface area contributed by atoms with Gasteiger partial charge in [-0.05, 0) is 25.1 Å². The highest BCUT2D eigenvalue weighted by atomic mass is 15.2.